The second-order valence-corrected chi connectivity index (χ2v) is 7.52. The molecule has 0 bridgehead atoms. The van der Waals surface area contributed by atoms with Crippen molar-refractivity contribution in [2.75, 3.05) is 0 Å². The molecule has 0 amide bonds. The van der Waals surface area contributed by atoms with E-state index in [4.69, 9.17) is 0 Å². The van der Waals surface area contributed by atoms with Crippen LogP contribution < -0.4 is 0 Å². The first-order chi connectivity index (χ1) is 14.0. The Labute approximate surface area is 171 Å². The van der Waals surface area contributed by atoms with Gasteiger partial charge in [0.15, 0.2) is 10.9 Å². The molecule has 0 fully saturated rings. The van der Waals surface area contributed by atoms with Gasteiger partial charge in [0.05, 0.1) is 10.6 Å². The second kappa shape index (κ2) is 7.51. The summed E-state index contributed by atoms with van der Waals surface area (Å²) in [6.07, 6.45) is 0. The van der Waals surface area contributed by atoms with Crippen LogP contribution in [-0.2, 0) is 7.05 Å². The maximum atomic E-state index is 11.6. The van der Waals surface area contributed by atoms with E-state index in [9.17, 15) is 10.1 Å². The second-order valence-electron chi connectivity index (χ2n) is 6.57. The molecule has 4 aromatic rings. The van der Waals surface area contributed by atoms with Gasteiger partial charge in [-0.15, -0.1) is 10.2 Å². The van der Waals surface area contributed by atoms with Crippen LogP contribution in [0.1, 0.15) is 11.3 Å². The zero-order chi connectivity index (χ0) is 20.5. The van der Waals surface area contributed by atoms with Gasteiger partial charge in [0.25, 0.3) is 0 Å². The molecule has 0 radical (unpaired) electrons. The lowest BCUT2D eigenvalue weighted by molar-refractivity contribution is -0.388. The van der Waals surface area contributed by atoms with Gasteiger partial charge < -0.3 is 0 Å². The van der Waals surface area contributed by atoms with Crippen molar-refractivity contribution in [3.05, 3.63) is 76.0 Å². The quantitative estimate of drug-likeness (QED) is 0.362. The fraction of sp³-hybridized carbons (Fsp3) is 0.150. The Balaban J connectivity index is 1.90. The Morgan fingerprint density at radius 2 is 1.79 bits per heavy atom. The van der Waals surface area contributed by atoms with E-state index in [-0.39, 0.29) is 5.69 Å². The third-order valence-corrected chi connectivity index (χ3v) is 5.53. The van der Waals surface area contributed by atoms with Gasteiger partial charge in [-0.2, -0.15) is 5.10 Å². The molecule has 2 heterocycles. The molecule has 0 N–H and O–H groups in total. The van der Waals surface area contributed by atoms with Crippen molar-refractivity contribution in [3.8, 4) is 17.1 Å². The third kappa shape index (κ3) is 3.52. The molecule has 29 heavy (non-hydrogen) atoms. The lowest BCUT2D eigenvalue weighted by Gasteiger charge is -2.11. The molecule has 2 aromatic carbocycles. The highest BCUT2D eigenvalue weighted by atomic mass is 32.2. The molecule has 0 aliphatic heterocycles. The number of aromatic nitrogens is 5. The molecule has 4 rings (SSSR count). The lowest BCUT2D eigenvalue weighted by atomic mass is 10.2. The van der Waals surface area contributed by atoms with E-state index >= 15 is 0 Å². The van der Waals surface area contributed by atoms with E-state index in [0.717, 1.165) is 16.8 Å². The number of hydrogen-bond donors (Lipinski definition) is 0. The summed E-state index contributed by atoms with van der Waals surface area (Å²) >= 11 is 1.18. The Kier molecular flexibility index (Phi) is 4.89. The van der Waals surface area contributed by atoms with E-state index in [2.05, 4.69) is 15.3 Å². The van der Waals surface area contributed by atoms with E-state index in [1.54, 1.807) is 14.0 Å². The molecule has 0 saturated carbocycles. The molecule has 0 unspecified atom stereocenters. The number of nitrogens with zero attached hydrogens (tertiary/aromatic N) is 6. The summed E-state index contributed by atoms with van der Waals surface area (Å²) < 4.78 is 3.43. The summed E-state index contributed by atoms with van der Waals surface area (Å²) in [7, 11) is 1.69. The Morgan fingerprint density at radius 3 is 2.48 bits per heavy atom. The first-order valence-corrected chi connectivity index (χ1v) is 9.71. The third-order valence-electron chi connectivity index (χ3n) is 4.43. The SMILES string of the molecule is Cc1cccc(-n2c(Sc3c([N+](=O)[O-])c(C)nn3C)nnc2-c2ccccc2)c1. The molecular formula is C20H18N6O2S. The van der Waals surface area contributed by atoms with Crippen LogP contribution in [0.25, 0.3) is 17.1 Å². The van der Waals surface area contributed by atoms with Gasteiger partial charge in [-0.1, -0.05) is 42.5 Å². The number of aryl methyl sites for hydroxylation is 3. The van der Waals surface area contributed by atoms with E-state index in [0.29, 0.717) is 21.7 Å². The summed E-state index contributed by atoms with van der Waals surface area (Å²) in [4.78, 5) is 11.2. The van der Waals surface area contributed by atoms with Crippen molar-refractivity contribution in [2.45, 2.75) is 24.0 Å². The van der Waals surface area contributed by atoms with Crippen molar-refractivity contribution < 1.29 is 4.92 Å². The van der Waals surface area contributed by atoms with Crippen LogP contribution in [0.15, 0.2) is 64.8 Å². The Bertz CT molecular complexity index is 1200. The van der Waals surface area contributed by atoms with Crippen LogP contribution in [0.2, 0.25) is 0 Å². The van der Waals surface area contributed by atoms with Crippen LogP contribution in [0, 0.1) is 24.0 Å². The van der Waals surface area contributed by atoms with Crippen molar-refractivity contribution in [2.24, 2.45) is 7.05 Å². The van der Waals surface area contributed by atoms with Gasteiger partial charge in [0.2, 0.25) is 5.16 Å². The van der Waals surface area contributed by atoms with Gasteiger partial charge in [-0.05, 0) is 43.3 Å². The Morgan fingerprint density at radius 1 is 1.03 bits per heavy atom. The summed E-state index contributed by atoms with van der Waals surface area (Å²) in [6, 6.07) is 17.7. The normalized spacial score (nSPS) is 11.0. The highest BCUT2D eigenvalue weighted by Gasteiger charge is 2.27. The molecule has 8 nitrogen and oxygen atoms in total. The molecule has 9 heteroatoms. The summed E-state index contributed by atoms with van der Waals surface area (Å²) in [5.74, 6) is 0.667. The van der Waals surface area contributed by atoms with E-state index in [1.165, 1.54) is 16.4 Å². The minimum absolute atomic E-state index is 0.0162. The van der Waals surface area contributed by atoms with Crippen LogP contribution in [0.3, 0.4) is 0 Å². The van der Waals surface area contributed by atoms with E-state index in [1.807, 2.05) is 66.1 Å². The molecule has 0 aliphatic carbocycles. The fourth-order valence-corrected chi connectivity index (χ4v) is 4.18. The average Bonchev–Trinajstić information content (AvgIpc) is 3.23. The molecule has 0 atom stereocenters. The zero-order valence-electron chi connectivity index (χ0n) is 16.1. The zero-order valence-corrected chi connectivity index (χ0v) is 16.9. The molecule has 0 spiro atoms. The van der Waals surface area contributed by atoms with Gasteiger partial charge in [0, 0.05) is 12.6 Å². The summed E-state index contributed by atoms with van der Waals surface area (Å²) in [5.41, 5.74) is 3.23. The van der Waals surface area contributed by atoms with E-state index < -0.39 is 4.92 Å². The first kappa shape index (κ1) is 18.9. The molecule has 0 aliphatic rings. The minimum Gasteiger partial charge on any atom is -0.270 e. The highest BCUT2D eigenvalue weighted by molar-refractivity contribution is 7.99. The van der Waals surface area contributed by atoms with Crippen LogP contribution in [0.5, 0.6) is 0 Å². The highest BCUT2D eigenvalue weighted by Crippen LogP contribution is 2.38. The minimum atomic E-state index is -0.407. The predicted octanol–water partition coefficient (Wildman–Crippen LogP) is 4.34. The maximum absolute atomic E-state index is 11.6. The average molecular weight is 406 g/mol. The number of benzene rings is 2. The largest absolute Gasteiger partial charge is 0.324 e. The number of nitro groups is 1. The van der Waals surface area contributed by atoms with Crippen molar-refractivity contribution >= 4 is 17.4 Å². The van der Waals surface area contributed by atoms with Crippen molar-refractivity contribution in [3.63, 3.8) is 0 Å². The number of rotatable bonds is 5. The predicted molar refractivity (Wildman–Crippen MR) is 110 cm³/mol. The summed E-state index contributed by atoms with van der Waals surface area (Å²) in [6.45, 7) is 3.64. The molecule has 2 aromatic heterocycles. The fourth-order valence-electron chi connectivity index (χ4n) is 3.15. The number of hydrogen-bond acceptors (Lipinski definition) is 6. The topological polar surface area (TPSA) is 91.7 Å². The monoisotopic (exact) mass is 406 g/mol. The van der Waals surface area contributed by atoms with Gasteiger partial charge in [-0.25, -0.2) is 0 Å². The standard InChI is InChI=1S/C20H18N6O2S/c1-13-8-7-11-16(12-13)25-18(15-9-5-4-6-10-15)21-22-20(25)29-19-17(26(27)28)14(2)23-24(19)3/h4-12H,1-3H3. The first-order valence-electron chi connectivity index (χ1n) is 8.89. The molecule has 146 valence electrons. The maximum Gasteiger partial charge on any atom is 0.324 e. The van der Waals surface area contributed by atoms with Crippen molar-refractivity contribution in [1.82, 2.24) is 24.5 Å². The van der Waals surface area contributed by atoms with Gasteiger partial charge in [-0.3, -0.25) is 19.4 Å². The van der Waals surface area contributed by atoms with Crippen LogP contribution in [-0.4, -0.2) is 29.5 Å². The van der Waals surface area contributed by atoms with Gasteiger partial charge >= 0.3 is 5.69 Å². The molecular weight excluding hydrogens is 388 g/mol. The Hall–Kier alpha value is -3.46. The molecule has 0 saturated heterocycles. The van der Waals surface area contributed by atoms with Crippen LogP contribution in [0.4, 0.5) is 5.69 Å². The van der Waals surface area contributed by atoms with Crippen LogP contribution >= 0.6 is 11.8 Å². The van der Waals surface area contributed by atoms with Crippen molar-refractivity contribution in [1.29, 1.82) is 0 Å². The van der Waals surface area contributed by atoms with Gasteiger partial charge in [0.1, 0.15) is 5.69 Å². The smallest absolute Gasteiger partial charge is 0.270 e. The summed E-state index contributed by atoms with van der Waals surface area (Å²) in [5, 5.41) is 25.5. The lowest BCUT2D eigenvalue weighted by Crippen LogP contribution is -2.01.